The summed E-state index contributed by atoms with van der Waals surface area (Å²) in [6, 6.07) is 0.375. The van der Waals surface area contributed by atoms with Gasteiger partial charge in [-0.2, -0.15) is 0 Å². The van der Waals surface area contributed by atoms with Crippen molar-refractivity contribution in [2.75, 3.05) is 26.2 Å². The summed E-state index contributed by atoms with van der Waals surface area (Å²) in [7, 11) is 0. The molecule has 1 aliphatic carbocycles. The maximum Gasteiger partial charge on any atom is 0.126 e. The first-order valence-electron chi connectivity index (χ1n) is 12.7. The number of allylic oxidation sites excluding steroid dienone is 4. The van der Waals surface area contributed by atoms with Crippen LogP contribution >= 0.6 is 0 Å². The first kappa shape index (κ1) is 20.9. The molecule has 1 saturated carbocycles. The lowest BCUT2D eigenvalue weighted by Gasteiger charge is -2.58. The number of piperidine rings is 1. The van der Waals surface area contributed by atoms with Gasteiger partial charge in [0.1, 0.15) is 11.9 Å². The quantitative estimate of drug-likeness (QED) is 0.397. The van der Waals surface area contributed by atoms with Crippen LogP contribution in [0.5, 0.6) is 0 Å². The summed E-state index contributed by atoms with van der Waals surface area (Å²) in [6.45, 7) is 4.56. The van der Waals surface area contributed by atoms with Crippen LogP contribution < -0.4 is 5.32 Å². The number of ether oxygens (including phenoxy) is 1. The number of aldehydes is 1. The van der Waals surface area contributed by atoms with Gasteiger partial charge in [0.15, 0.2) is 0 Å². The predicted octanol–water partition coefficient (Wildman–Crippen LogP) is 4.26. The van der Waals surface area contributed by atoms with Gasteiger partial charge >= 0.3 is 0 Å². The average molecular weight is 413 g/mol. The van der Waals surface area contributed by atoms with E-state index in [0.717, 1.165) is 45.3 Å². The summed E-state index contributed by atoms with van der Waals surface area (Å²) in [6.07, 6.45) is 24.0. The summed E-state index contributed by atoms with van der Waals surface area (Å²) in [5.41, 5.74) is 0.00449. The second-order valence-corrected chi connectivity index (χ2v) is 10.5. The fourth-order valence-electron chi connectivity index (χ4n) is 7.49. The van der Waals surface area contributed by atoms with Crippen molar-refractivity contribution in [3.8, 4) is 0 Å². The van der Waals surface area contributed by atoms with Gasteiger partial charge in [0.25, 0.3) is 0 Å². The molecular weight excluding hydrogens is 372 g/mol. The van der Waals surface area contributed by atoms with Crippen LogP contribution in [0.4, 0.5) is 0 Å². The average Bonchev–Trinajstić information content (AvgIpc) is 3.48. The van der Waals surface area contributed by atoms with Crippen LogP contribution in [0, 0.1) is 17.3 Å². The van der Waals surface area contributed by atoms with Gasteiger partial charge in [-0.05, 0) is 96.2 Å². The van der Waals surface area contributed by atoms with Gasteiger partial charge in [-0.15, -0.1) is 0 Å². The fourth-order valence-corrected chi connectivity index (χ4v) is 7.49. The van der Waals surface area contributed by atoms with Gasteiger partial charge in [-0.25, -0.2) is 0 Å². The van der Waals surface area contributed by atoms with E-state index in [1.165, 1.54) is 57.8 Å². The van der Waals surface area contributed by atoms with Crippen LogP contribution in [-0.4, -0.2) is 55.1 Å². The molecule has 30 heavy (non-hydrogen) atoms. The van der Waals surface area contributed by atoms with Crippen molar-refractivity contribution in [1.82, 2.24) is 10.2 Å². The van der Waals surface area contributed by atoms with Gasteiger partial charge in [0, 0.05) is 23.9 Å². The molecule has 4 heterocycles. The number of epoxide rings is 1. The number of carbonyl (C=O) groups is 1. The van der Waals surface area contributed by atoms with Crippen molar-refractivity contribution < 1.29 is 9.53 Å². The summed E-state index contributed by atoms with van der Waals surface area (Å²) in [5.74, 6) is 0.535. The van der Waals surface area contributed by atoms with Crippen LogP contribution in [0.15, 0.2) is 24.3 Å². The molecule has 0 amide bonds. The second kappa shape index (κ2) is 8.88. The van der Waals surface area contributed by atoms with Crippen molar-refractivity contribution in [3.63, 3.8) is 0 Å². The lowest BCUT2D eigenvalue weighted by molar-refractivity contribution is -0.123. The predicted molar refractivity (Wildman–Crippen MR) is 120 cm³/mol. The van der Waals surface area contributed by atoms with Gasteiger partial charge in [-0.1, -0.05) is 24.3 Å². The molecule has 0 aromatic heterocycles. The third-order valence-electron chi connectivity index (χ3n) is 8.87. The van der Waals surface area contributed by atoms with Crippen molar-refractivity contribution >= 4 is 6.29 Å². The zero-order chi connectivity index (χ0) is 20.4. The Kier molecular flexibility index (Phi) is 6.19. The van der Waals surface area contributed by atoms with Crippen LogP contribution in [0.25, 0.3) is 0 Å². The number of hydrogen-bond acceptors (Lipinski definition) is 4. The van der Waals surface area contributed by atoms with Crippen molar-refractivity contribution in [3.05, 3.63) is 24.3 Å². The highest BCUT2D eigenvalue weighted by atomic mass is 16.6. The highest BCUT2D eigenvalue weighted by Crippen LogP contribution is 2.64. The standard InChI is InChI=1S/C26H40N2O2/c29-19-21-22-13-18-28-17-12-8-4-2-6-10-15-26(23(21)30-26)24-25(22,20-28)14-9-5-1-3-7-11-16-27-24/h1-2,5-6,19,21-24,27H,3-4,7-18,20H2. The molecule has 0 aromatic rings. The van der Waals surface area contributed by atoms with Crippen LogP contribution in [0.2, 0.25) is 0 Å². The zero-order valence-corrected chi connectivity index (χ0v) is 18.6. The molecular formula is C26H40N2O2. The minimum atomic E-state index is -0.138. The monoisotopic (exact) mass is 412 g/mol. The lowest BCUT2D eigenvalue weighted by Crippen LogP contribution is -2.69. The van der Waals surface area contributed by atoms with E-state index in [9.17, 15) is 4.79 Å². The Hall–Kier alpha value is -0.970. The lowest BCUT2D eigenvalue weighted by atomic mass is 9.51. The maximum atomic E-state index is 12.4. The molecule has 4 nitrogen and oxygen atoms in total. The van der Waals surface area contributed by atoms with E-state index < -0.39 is 0 Å². The van der Waals surface area contributed by atoms with E-state index in [2.05, 4.69) is 34.5 Å². The minimum absolute atomic E-state index is 0.0772. The molecule has 1 N–H and O–H groups in total. The van der Waals surface area contributed by atoms with E-state index in [1.54, 1.807) is 0 Å². The maximum absolute atomic E-state index is 12.4. The summed E-state index contributed by atoms with van der Waals surface area (Å²) in [5, 5.41) is 4.07. The third-order valence-corrected chi connectivity index (χ3v) is 8.87. The number of nitrogens with one attached hydrogen (secondary N) is 1. The zero-order valence-electron chi connectivity index (χ0n) is 18.6. The van der Waals surface area contributed by atoms with E-state index in [-0.39, 0.29) is 23.0 Å². The SMILES string of the molecule is O=CC1C2CCN3CCCCC=CCCC4(OC14)C1NCCCCC=CCCC21C3. The summed E-state index contributed by atoms with van der Waals surface area (Å²) < 4.78 is 6.63. The smallest absolute Gasteiger partial charge is 0.126 e. The number of nitrogens with zero attached hydrogens (tertiary/aromatic N) is 1. The Bertz CT molecular complexity index is 676. The van der Waals surface area contributed by atoms with Gasteiger partial charge in [0.05, 0.1) is 6.10 Å². The second-order valence-electron chi connectivity index (χ2n) is 10.5. The molecule has 166 valence electrons. The first-order chi connectivity index (χ1) is 14.8. The number of carbonyl (C=O) groups excluding carboxylic acids is 1. The molecule has 4 aliphatic heterocycles. The molecule has 7 atom stereocenters. The van der Waals surface area contributed by atoms with Gasteiger partial charge in [-0.3, -0.25) is 0 Å². The summed E-state index contributed by atoms with van der Waals surface area (Å²) in [4.78, 5) is 15.1. The van der Waals surface area contributed by atoms with E-state index in [0.29, 0.717) is 12.0 Å². The Balaban J connectivity index is 1.56. The normalized spacial score (nSPS) is 46.9. The fraction of sp³-hybridized carbons (Fsp3) is 0.808. The highest BCUT2D eigenvalue weighted by Gasteiger charge is 2.75. The van der Waals surface area contributed by atoms with Crippen LogP contribution in [0.1, 0.15) is 70.6 Å². The Morgan fingerprint density at radius 3 is 2.53 bits per heavy atom. The molecule has 3 fully saturated rings. The molecule has 2 spiro atoms. The molecule has 2 saturated heterocycles. The Labute approximate surface area is 182 Å². The first-order valence-corrected chi connectivity index (χ1v) is 12.7. The summed E-state index contributed by atoms with van der Waals surface area (Å²) >= 11 is 0. The minimum Gasteiger partial charge on any atom is -0.364 e. The van der Waals surface area contributed by atoms with Crippen molar-refractivity contribution in [2.24, 2.45) is 17.3 Å². The molecule has 7 unspecified atom stereocenters. The van der Waals surface area contributed by atoms with Gasteiger partial charge < -0.3 is 19.7 Å². The highest BCUT2D eigenvalue weighted by molar-refractivity contribution is 5.59. The van der Waals surface area contributed by atoms with E-state index in [1.807, 2.05) is 0 Å². The number of hydrogen-bond donors (Lipinski definition) is 1. The Morgan fingerprint density at radius 2 is 1.70 bits per heavy atom. The molecule has 5 aliphatic rings. The molecule has 0 radical (unpaired) electrons. The van der Waals surface area contributed by atoms with Gasteiger partial charge in [0.2, 0.25) is 0 Å². The number of rotatable bonds is 1. The van der Waals surface area contributed by atoms with Crippen molar-refractivity contribution in [2.45, 2.75) is 88.4 Å². The van der Waals surface area contributed by atoms with Crippen LogP contribution in [-0.2, 0) is 9.53 Å². The van der Waals surface area contributed by atoms with E-state index >= 15 is 0 Å². The topological polar surface area (TPSA) is 44.9 Å². The molecule has 0 aromatic carbocycles. The molecule has 4 heteroatoms. The third kappa shape index (κ3) is 3.63. The van der Waals surface area contributed by atoms with Crippen LogP contribution in [0.3, 0.4) is 0 Å². The Morgan fingerprint density at radius 1 is 0.933 bits per heavy atom. The molecule has 5 rings (SSSR count). The van der Waals surface area contributed by atoms with E-state index in [4.69, 9.17) is 4.74 Å². The van der Waals surface area contributed by atoms with Crippen molar-refractivity contribution in [1.29, 1.82) is 0 Å². The largest absolute Gasteiger partial charge is 0.364 e. The molecule has 3 bridgehead atoms. The number of fused-ring (bicyclic) bond motifs is 1.